The molecule has 0 N–H and O–H groups in total. The summed E-state index contributed by atoms with van der Waals surface area (Å²) in [6.45, 7) is 1.76. The van der Waals surface area contributed by atoms with Crippen LogP contribution in [-0.2, 0) is 15.5 Å². The SMILES string of the molecule is CCc1ccc(S(=O)(=O)Cl)c(I)c1[N+](=O)[O-]. The maximum Gasteiger partial charge on any atom is 0.287 e. The molecule has 0 fully saturated rings. The Labute approximate surface area is 111 Å². The summed E-state index contributed by atoms with van der Waals surface area (Å²) in [5, 5.41) is 10.8. The second kappa shape index (κ2) is 4.84. The molecule has 0 unspecified atom stereocenters. The first-order valence-corrected chi connectivity index (χ1v) is 7.58. The molecule has 0 heterocycles. The van der Waals surface area contributed by atoms with Gasteiger partial charge >= 0.3 is 0 Å². The third-order valence-electron chi connectivity index (χ3n) is 1.99. The maximum atomic E-state index is 11.2. The third-order valence-corrected chi connectivity index (χ3v) is 4.81. The summed E-state index contributed by atoms with van der Waals surface area (Å²) in [5.74, 6) is 0. The van der Waals surface area contributed by atoms with Crippen molar-refractivity contribution in [1.29, 1.82) is 0 Å². The van der Waals surface area contributed by atoms with Crippen LogP contribution >= 0.6 is 33.3 Å². The van der Waals surface area contributed by atoms with Crippen molar-refractivity contribution in [3.8, 4) is 0 Å². The van der Waals surface area contributed by atoms with Gasteiger partial charge in [0.05, 0.1) is 4.92 Å². The van der Waals surface area contributed by atoms with Crippen LogP contribution in [-0.4, -0.2) is 13.3 Å². The Bertz CT molecular complexity index is 543. The molecule has 1 aromatic carbocycles. The second-order valence-corrected chi connectivity index (χ2v) is 6.55. The number of hydrogen-bond acceptors (Lipinski definition) is 4. The summed E-state index contributed by atoms with van der Waals surface area (Å²) in [4.78, 5) is 10.0. The molecule has 0 radical (unpaired) electrons. The van der Waals surface area contributed by atoms with Gasteiger partial charge in [0, 0.05) is 16.2 Å². The number of nitrogens with zero attached hydrogens (tertiary/aromatic N) is 1. The lowest BCUT2D eigenvalue weighted by Gasteiger charge is -2.05. The van der Waals surface area contributed by atoms with Crippen LogP contribution in [0.15, 0.2) is 17.0 Å². The van der Waals surface area contributed by atoms with Crippen molar-refractivity contribution in [2.45, 2.75) is 18.2 Å². The van der Waals surface area contributed by atoms with Crippen molar-refractivity contribution in [3.05, 3.63) is 31.4 Å². The average molecular weight is 376 g/mol. The molecular formula is C8H7ClINO4S. The number of benzene rings is 1. The van der Waals surface area contributed by atoms with E-state index in [1.807, 2.05) is 0 Å². The van der Waals surface area contributed by atoms with Crippen molar-refractivity contribution in [2.24, 2.45) is 0 Å². The first kappa shape index (κ1) is 13.7. The van der Waals surface area contributed by atoms with E-state index >= 15 is 0 Å². The molecule has 0 atom stereocenters. The lowest BCUT2D eigenvalue weighted by Crippen LogP contribution is -2.03. The molecule has 5 nitrogen and oxygen atoms in total. The lowest BCUT2D eigenvalue weighted by atomic mass is 10.1. The minimum atomic E-state index is -3.95. The number of aryl methyl sites for hydroxylation is 1. The Morgan fingerprint density at radius 2 is 2.06 bits per heavy atom. The average Bonchev–Trinajstić information content (AvgIpc) is 2.14. The summed E-state index contributed by atoms with van der Waals surface area (Å²) in [6, 6.07) is 2.70. The van der Waals surface area contributed by atoms with Gasteiger partial charge in [-0.2, -0.15) is 0 Å². The molecule has 0 amide bonds. The van der Waals surface area contributed by atoms with E-state index in [0.717, 1.165) is 0 Å². The van der Waals surface area contributed by atoms with E-state index in [1.54, 1.807) is 29.5 Å². The molecule has 0 aromatic heterocycles. The van der Waals surface area contributed by atoms with E-state index in [-0.39, 0.29) is 14.2 Å². The predicted octanol–water partition coefficient (Wildman–Crippen LogP) is 2.69. The molecule has 8 heteroatoms. The first-order valence-electron chi connectivity index (χ1n) is 4.19. The molecular weight excluding hydrogens is 369 g/mol. The van der Waals surface area contributed by atoms with Crippen LogP contribution < -0.4 is 0 Å². The predicted molar refractivity (Wildman–Crippen MR) is 68.2 cm³/mol. The van der Waals surface area contributed by atoms with Gasteiger partial charge in [0.25, 0.3) is 14.7 Å². The van der Waals surface area contributed by atoms with Crippen molar-refractivity contribution < 1.29 is 13.3 Å². The summed E-state index contributed by atoms with van der Waals surface area (Å²) < 4.78 is 22.4. The minimum Gasteiger partial charge on any atom is -0.258 e. The number of rotatable bonds is 3. The molecule has 0 aliphatic carbocycles. The fourth-order valence-corrected chi connectivity index (χ4v) is 4.17. The van der Waals surface area contributed by atoms with Crippen LogP contribution in [0.1, 0.15) is 12.5 Å². The Hall–Kier alpha value is -0.410. The zero-order chi connectivity index (χ0) is 12.5. The second-order valence-electron chi connectivity index (χ2n) is 2.93. The van der Waals surface area contributed by atoms with Gasteiger partial charge in [-0.15, -0.1) is 0 Å². The van der Waals surface area contributed by atoms with Crippen molar-refractivity contribution in [3.63, 3.8) is 0 Å². The van der Waals surface area contributed by atoms with Gasteiger partial charge in [-0.05, 0) is 35.1 Å². The Morgan fingerprint density at radius 1 is 1.50 bits per heavy atom. The summed E-state index contributed by atoms with van der Waals surface area (Å²) in [7, 11) is 1.23. The highest BCUT2D eigenvalue weighted by Crippen LogP contribution is 2.32. The molecule has 16 heavy (non-hydrogen) atoms. The Balaban J connectivity index is 3.63. The van der Waals surface area contributed by atoms with Gasteiger partial charge in [-0.1, -0.05) is 13.0 Å². The highest BCUT2D eigenvalue weighted by molar-refractivity contribution is 14.1. The fraction of sp³-hybridized carbons (Fsp3) is 0.250. The van der Waals surface area contributed by atoms with Crippen LogP contribution in [0.3, 0.4) is 0 Å². The van der Waals surface area contributed by atoms with Gasteiger partial charge in [-0.3, -0.25) is 10.1 Å². The van der Waals surface area contributed by atoms with Gasteiger partial charge in [0.1, 0.15) is 8.47 Å². The highest BCUT2D eigenvalue weighted by Gasteiger charge is 2.25. The number of halogens is 2. The van der Waals surface area contributed by atoms with Crippen LogP contribution in [0.5, 0.6) is 0 Å². The number of nitro benzene ring substituents is 1. The molecule has 0 aliphatic heterocycles. The molecule has 0 aliphatic rings. The van der Waals surface area contributed by atoms with Crippen molar-refractivity contribution in [1.82, 2.24) is 0 Å². The van der Waals surface area contributed by atoms with E-state index < -0.39 is 14.0 Å². The zero-order valence-electron chi connectivity index (χ0n) is 8.11. The Morgan fingerprint density at radius 3 is 2.44 bits per heavy atom. The summed E-state index contributed by atoms with van der Waals surface area (Å²) in [5.41, 5.74) is 0.295. The van der Waals surface area contributed by atoms with E-state index in [4.69, 9.17) is 10.7 Å². The van der Waals surface area contributed by atoms with E-state index in [0.29, 0.717) is 12.0 Å². The first-order chi connectivity index (χ1) is 7.29. The largest absolute Gasteiger partial charge is 0.287 e. The molecule has 1 aromatic rings. The van der Waals surface area contributed by atoms with Gasteiger partial charge in [0.2, 0.25) is 0 Å². The van der Waals surface area contributed by atoms with Gasteiger partial charge in [-0.25, -0.2) is 8.42 Å². The lowest BCUT2D eigenvalue weighted by molar-refractivity contribution is -0.386. The number of nitro groups is 1. The monoisotopic (exact) mass is 375 g/mol. The van der Waals surface area contributed by atoms with Crippen LogP contribution in [0.2, 0.25) is 0 Å². The molecule has 88 valence electrons. The molecule has 0 spiro atoms. The van der Waals surface area contributed by atoms with Gasteiger partial charge in [0.15, 0.2) is 0 Å². The quantitative estimate of drug-likeness (QED) is 0.352. The highest BCUT2D eigenvalue weighted by atomic mass is 127. The smallest absolute Gasteiger partial charge is 0.258 e. The van der Waals surface area contributed by atoms with Crippen LogP contribution in [0.4, 0.5) is 5.69 Å². The fourth-order valence-electron chi connectivity index (χ4n) is 1.26. The van der Waals surface area contributed by atoms with Gasteiger partial charge < -0.3 is 0 Å². The molecule has 0 bridgehead atoms. The Kier molecular flexibility index (Phi) is 4.13. The summed E-state index contributed by atoms with van der Waals surface area (Å²) in [6.07, 6.45) is 0.453. The summed E-state index contributed by atoms with van der Waals surface area (Å²) >= 11 is 1.63. The normalized spacial score (nSPS) is 11.4. The zero-order valence-corrected chi connectivity index (χ0v) is 11.8. The topological polar surface area (TPSA) is 77.3 Å². The molecule has 0 saturated carbocycles. The molecule has 1 rings (SSSR count). The van der Waals surface area contributed by atoms with Crippen molar-refractivity contribution in [2.75, 3.05) is 0 Å². The van der Waals surface area contributed by atoms with E-state index in [1.165, 1.54) is 12.1 Å². The number of hydrogen-bond donors (Lipinski definition) is 0. The van der Waals surface area contributed by atoms with Crippen molar-refractivity contribution >= 4 is 48.0 Å². The maximum absolute atomic E-state index is 11.2. The minimum absolute atomic E-state index is 0.0527. The van der Waals surface area contributed by atoms with Crippen LogP contribution in [0, 0.1) is 13.7 Å². The van der Waals surface area contributed by atoms with E-state index in [9.17, 15) is 18.5 Å². The molecule has 0 saturated heterocycles. The van der Waals surface area contributed by atoms with Crippen LogP contribution in [0.25, 0.3) is 0 Å². The third kappa shape index (κ3) is 2.64. The van der Waals surface area contributed by atoms with E-state index in [2.05, 4.69) is 0 Å². The standard InChI is InChI=1S/C8H7ClINO4S/c1-2-5-3-4-6(16(9,14)15)7(10)8(5)11(12)13/h3-4H,2H2,1H3.